The fourth-order valence-corrected chi connectivity index (χ4v) is 1.64. The minimum atomic E-state index is 0.588. The first-order chi connectivity index (χ1) is 6.36. The highest BCUT2D eigenvalue weighted by molar-refractivity contribution is 4.92. The van der Waals surface area contributed by atoms with Gasteiger partial charge in [-0.2, -0.15) is 0 Å². The van der Waals surface area contributed by atoms with Crippen molar-refractivity contribution < 1.29 is 4.42 Å². The number of piperazine rings is 1. The van der Waals surface area contributed by atoms with Gasteiger partial charge in [0.2, 0.25) is 0 Å². The molecule has 0 aromatic carbocycles. The van der Waals surface area contributed by atoms with Gasteiger partial charge in [0.1, 0.15) is 6.26 Å². The van der Waals surface area contributed by atoms with Gasteiger partial charge in [-0.05, 0) is 6.92 Å². The van der Waals surface area contributed by atoms with Crippen molar-refractivity contribution in [2.75, 3.05) is 19.6 Å². The smallest absolute Gasteiger partial charge is 0.180 e. The maximum absolute atomic E-state index is 4.94. The first-order valence-corrected chi connectivity index (χ1v) is 4.68. The highest BCUT2D eigenvalue weighted by Gasteiger charge is 2.18. The molecule has 4 nitrogen and oxygen atoms in total. The van der Waals surface area contributed by atoms with Crippen molar-refractivity contribution in [1.29, 1.82) is 0 Å². The third-order valence-electron chi connectivity index (χ3n) is 2.49. The molecule has 1 N–H and O–H groups in total. The summed E-state index contributed by atoms with van der Waals surface area (Å²) in [4.78, 5) is 6.53. The Bertz CT molecular complexity index is 247. The van der Waals surface area contributed by atoms with Crippen molar-refractivity contribution in [3.05, 3.63) is 18.4 Å². The fourth-order valence-electron chi connectivity index (χ4n) is 1.64. The average Bonchev–Trinajstić information content (AvgIpc) is 2.61. The quantitative estimate of drug-likeness (QED) is 0.720. The highest BCUT2D eigenvalue weighted by Crippen LogP contribution is 2.07. The minimum Gasteiger partial charge on any atom is -0.451 e. The lowest BCUT2D eigenvalue weighted by atomic mass is 10.2. The lowest BCUT2D eigenvalue weighted by Gasteiger charge is -2.33. The fraction of sp³-hybridized carbons (Fsp3) is 0.667. The van der Waals surface area contributed by atoms with E-state index in [1.54, 1.807) is 6.26 Å². The summed E-state index contributed by atoms with van der Waals surface area (Å²) in [5, 5.41) is 3.36. The summed E-state index contributed by atoms with van der Waals surface area (Å²) in [6, 6.07) is 0.588. The van der Waals surface area contributed by atoms with Crippen LogP contribution in [0.3, 0.4) is 0 Å². The van der Waals surface area contributed by atoms with E-state index in [-0.39, 0.29) is 0 Å². The zero-order valence-corrected chi connectivity index (χ0v) is 7.86. The van der Waals surface area contributed by atoms with E-state index in [1.165, 1.54) is 6.39 Å². The summed E-state index contributed by atoms with van der Waals surface area (Å²) in [6.07, 6.45) is 3.21. The van der Waals surface area contributed by atoms with E-state index in [2.05, 4.69) is 22.1 Å². The van der Waals surface area contributed by atoms with Crippen LogP contribution in [-0.4, -0.2) is 35.6 Å². The van der Waals surface area contributed by atoms with Crippen LogP contribution in [0.1, 0.15) is 12.6 Å². The maximum atomic E-state index is 4.94. The molecule has 0 bridgehead atoms. The monoisotopic (exact) mass is 181 g/mol. The molecular weight excluding hydrogens is 166 g/mol. The van der Waals surface area contributed by atoms with Gasteiger partial charge < -0.3 is 9.73 Å². The Morgan fingerprint density at radius 2 is 2.69 bits per heavy atom. The molecule has 2 heterocycles. The summed E-state index contributed by atoms with van der Waals surface area (Å²) in [6.45, 7) is 6.36. The van der Waals surface area contributed by atoms with Gasteiger partial charge in [0, 0.05) is 32.2 Å². The zero-order chi connectivity index (χ0) is 9.10. The van der Waals surface area contributed by atoms with E-state index in [1.807, 2.05) is 0 Å². The van der Waals surface area contributed by atoms with Gasteiger partial charge in [-0.15, -0.1) is 0 Å². The Balaban J connectivity index is 1.93. The number of hydrogen-bond donors (Lipinski definition) is 1. The van der Waals surface area contributed by atoms with Crippen molar-refractivity contribution in [2.24, 2.45) is 0 Å². The van der Waals surface area contributed by atoms with E-state index in [9.17, 15) is 0 Å². The predicted octanol–water partition coefficient (Wildman–Crippen LogP) is 0.468. The van der Waals surface area contributed by atoms with Crippen LogP contribution in [0.2, 0.25) is 0 Å². The van der Waals surface area contributed by atoms with Gasteiger partial charge in [0.25, 0.3) is 0 Å². The van der Waals surface area contributed by atoms with E-state index in [4.69, 9.17) is 4.42 Å². The van der Waals surface area contributed by atoms with E-state index in [0.717, 1.165) is 31.9 Å². The second-order valence-corrected chi connectivity index (χ2v) is 3.50. The molecule has 0 spiro atoms. The Morgan fingerprint density at radius 1 is 1.77 bits per heavy atom. The summed E-state index contributed by atoms with van der Waals surface area (Å²) >= 11 is 0. The molecule has 2 rings (SSSR count). The average molecular weight is 181 g/mol. The van der Waals surface area contributed by atoms with Crippen LogP contribution in [0.4, 0.5) is 0 Å². The van der Waals surface area contributed by atoms with Gasteiger partial charge >= 0.3 is 0 Å². The number of oxazole rings is 1. The topological polar surface area (TPSA) is 41.3 Å². The lowest BCUT2D eigenvalue weighted by molar-refractivity contribution is 0.163. The molecule has 0 aliphatic carbocycles. The Hall–Kier alpha value is -0.870. The van der Waals surface area contributed by atoms with E-state index in [0.29, 0.717) is 6.04 Å². The number of aromatic nitrogens is 1. The van der Waals surface area contributed by atoms with Crippen LogP contribution in [-0.2, 0) is 6.54 Å². The van der Waals surface area contributed by atoms with E-state index >= 15 is 0 Å². The molecular formula is C9H15N3O. The molecule has 1 aromatic rings. The van der Waals surface area contributed by atoms with Gasteiger partial charge in [-0.25, -0.2) is 4.98 Å². The predicted molar refractivity (Wildman–Crippen MR) is 49.2 cm³/mol. The van der Waals surface area contributed by atoms with Crippen molar-refractivity contribution in [3.8, 4) is 0 Å². The van der Waals surface area contributed by atoms with Crippen LogP contribution in [0.15, 0.2) is 17.1 Å². The Morgan fingerprint density at radius 3 is 3.38 bits per heavy atom. The first-order valence-electron chi connectivity index (χ1n) is 4.68. The largest absolute Gasteiger partial charge is 0.451 e. The molecule has 1 fully saturated rings. The SMILES string of the molecule is C[C@@H]1CNCCN1Cc1cocn1. The molecule has 0 radical (unpaired) electrons. The number of hydrogen-bond acceptors (Lipinski definition) is 4. The maximum Gasteiger partial charge on any atom is 0.180 e. The van der Waals surface area contributed by atoms with Crippen LogP contribution < -0.4 is 5.32 Å². The van der Waals surface area contributed by atoms with E-state index < -0.39 is 0 Å². The molecule has 1 saturated heterocycles. The van der Waals surface area contributed by atoms with Crippen LogP contribution in [0.5, 0.6) is 0 Å². The van der Waals surface area contributed by atoms with Gasteiger partial charge in [-0.3, -0.25) is 4.90 Å². The molecule has 1 aliphatic heterocycles. The number of nitrogens with one attached hydrogen (secondary N) is 1. The third-order valence-corrected chi connectivity index (χ3v) is 2.49. The van der Waals surface area contributed by atoms with Crippen molar-refractivity contribution in [2.45, 2.75) is 19.5 Å². The number of nitrogens with zero attached hydrogens (tertiary/aromatic N) is 2. The van der Waals surface area contributed by atoms with Crippen LogP contribution in [0.25, 0.3) is 0 Å². The molecule has 1 aromatic heterocycles. The molecule has 0 amide bonds. The van der Waals surface area contributed by atoms with Crippen LogP contribution in [0, 0.1) is 0 Å². The molecule has 1 atom stereocenters. The van der Waals surface area contributed by atoms with Crippen molar-refractivity contribution in [3.63, 3.8) is 0 Å². The second-order valence-electron chi connectivity index (χ2n) is 3.50. The molecule has 0 saturated carbocycles. The molecule has 13 heavy (non-hydrogen) atoms. The number of rotatable bonds is 2. The van der Waals surface area contributed by atoms with Crippen molar-refractivity contribution in [1.82, 2.24) is 15.2 Å². The highest BCUT2D eigenvalue weighted by atomic mass is 16.3. The summed E-state index contributed by atoms with van der Waals surface area (Å²) in [5.74, 6) is 0. The van der Waals surface area contributed by atoms with Gasteiger partial charge in [-0.1, -0.05) is 0 Å². The summed E-state index contributed by atoms with van der Waals surface area (Å²) in [5.41, 5.74) is 1.02. The molecule has 4 heteroatoms. The molecule has 72 valence electrons. The third kappa shape index (κ3) is 2.08. The normalized spacial score (nSPS) is 24.8. The standard InChI is InChI=1S/C9H15N3O/c1-8-4-10-2-3-12(8)5-9-6-13-7-11-9/h6-8,10H,2-5H2,1H3/t8-/m1/s1. The van der Waals surface area contributed by atoms with Gasteiger partial charge in [0.15, 0.2) is 6.39 Å². The zero-order valence-electron chi connectivity index (χ0n) is 7.86. The molecule has 1 aliphatic rings. The minimum absolute atomic E-state index is 0.588. The Labute approximate surface area is 77.9 Å². The Kier molecular flexibility index (Phi) is 2.61. The van der Waals surface area contributed by atoms with Crippen LogP contribution >= 0.6 is 0 Å². The molecule has 0 unspecified atom stereocenters. The summed E-state index contributed by atoms with van der Waals surface area (Å²) < 4.78 is 4.94. The van der Waals surface area contributed by atoms with Gasteiger partial charge in [0.05, 0.1) is 5.69 Å². The lowest BCUT2D eigenvalue weighted by Crippen LogP contribution is -2.49. The first kappa shape index (κ1) is 8.72. The summed E-state index contributed by atoms with van der Waals surface area (Å²) in [7, 11) is 0. The van der Waals surface area contributed by atoms with Crippen molar-refractivity contribution >= 4 is 0 Å². The second kappa shape index (κ2) is 3.89.